The van der Waals surface area contributed by atoms with Crippen molar-refractivity contribution >= 4 is 5.97 Å². The molecule has 2 N–H and O–H groups in total. The average molecular weight is 344 g/mol. The maximum Gasteiger partial charge on any atom is 0.312 e. The second-order valence-electron chi connectivity index (χ2n) is 7.24. The molecule has 0 spiro atoms. The fraction of sp³-hybridized carbons (Fsp3) is 0.550. The number of ether oxygens (including phenoxy) is 2. The summed E-state index contributed by atoms with van der Waals surface area (Å²) in [6.07, 6.45) is 2.10. The number of carbonyl (C=O) groups is 1. The third-order valence-corrected chi connectivity index (χ3v) is 6.13. The van der Waals surface area contributed by atoms with Crippen LogP contribution in [0.4, 0.5) is 0 Å². The Morgan fingerprint density at radius 1 is 1.24 bits per heavy atom. The number of aliphatic hydroxyl groups is 2. The third-order valence-electron chi connectivity index (χ3n) is 6.13. The van der Waals surface area contributed by atoms with Crippen molar-refractivity contribution in [1.82, 2.24) is 0 Å². The third kappa shape index (κ3) is 2.23. The number of rotatable bonds is 3. The van der Waals surface area contributed by atoms with Crippen LogP contribution in [0.2, 0.25) is 0 Å². The molecule has 2 aliphatic carbocycles. The van der Waals surface area contributed by atoms with E-state index in [9.17, 15) is 15.0 Å². The molecule has 1 heterocycles. The molecule has 0 bridgehead atoms. The summed E-state index contributed by atoms with van der Waals surface area (Å²) in [6.45, 7) is 2.54. The highest BCUT2D eigenvalue weighted by Crippen LogP contribution is 2.59. The molecule has 0 radical (unpaired) electrons. The van der Waals surface area contributed by atoms with Crippen LogP contribution in [-0.4, -0.2) is 41.6 Å². The summed E-state index contributed by atoms with van der Waals surface area (Å²) >= 11 is 0. The molecule has 1 saturated carbocycles. The Balaban J connectivity index is 1.95. The molecule has 0 aromatic heterocycles. The van der Waals surface area contributed by atoms with Gasteiger partial charge < -0.3 is 19.7 Å². The average Bonchev–Trinajstić information content (AvgIpc) is 3.24. The van der Waals surface area contributed by atoms with E-state index in [1.807, 2.05) is 30.3 Å². The van der Waals surface area contributed by atoms with Crippen molar-refractivity contribution in [1.29, 1.82) is 0 Å². The normalized spacial score (nSPS) is 36.9. The number of hydrogen-bond acceptors (Lipinski definition) is 5. The number of fused-ring (bicyclic) bond motifs is 2. The Hall–Kier alpha value is -1.69. The van der Waals surface area contributed by atoms with Crippen LogP contribution < -0.4 is 0 Å². The summed E-state index contributed by atoms with van der Waals surface area (Å²) in [5.41, 5.74) is -0.524. The van der Waals surface area contributed by atoms with E-state index >= 15 is 0 Å². The van der Waals surface area contributed by atoms with Gasteiger partial charge in [0.2, 0.25) is 0 Å². The van der Waals surface area contributed by atoms with Crippen LogP contribution in [0.1, 0.15) is 31.7 Å². The van der Waals surface area contributed by atoms with Crippen molar-refractivity contribution in [3.8, 4) is 0 Å². The molecule has 25 heavy (non-hydrogen) atoms. The second-order valence-corrected chi connectivity index (χ2v) is 7.24. The Labute approximate surface area is 147 Å². The van der Waals surface area contributed by atoms with Crippen LogP contribution in [0, 0.1) is 11.8 Å². The van der Waals surface area contributed by atoms with E-state index < -0.39 is 23.1 Å². The molecule has 5 heteroatoms. The first kappa shape index (κ1) is 16.8. The molecule has 0 unspecified atom stereocenters. The summed E-state index contributed by atoms with van der Waals surface area (Å²) in [7, 11) is 0. The van der Waals surface area contributed by atoms with Gasteiger partial charge in [-0.1, -0.05) is 30.3 Å². The van der Waals surface area contributed by atoms with Gasteiger partial charge in [-0.15, -0.1) is 0 Å². The highest BCUT2D eigenvalue weighted by Gasteiger charge is 2.64. The molecule has 5 nitrogen and oxygen atoms in total. The van der Waals surface area contributed by atoms with Crippen LogP contribution in [0.3, 0.4) is 0 Å². The molecule has 0 saturated heterocycles. The Bertz CT molecular complexity index is 712. The maximum atomic E-state index is 12.9. The van der Waals surface area contributed by atoms with Crippen molar-refractivity contribution in [3.05, 3.63) is 47.0 Å². The zero-order chi connectivity index (χ0) is 17.7. The second kappa shape index (κ2) is 5.94. The van der Waals surface area contributed by atoms with Gasteiger partial charge in [0.25, 0.3) is 0 Å². The first-order chi connectivity index (χ1) is 12.0. The van der Waals surface area contributed by atoms with E-state index in [1.165, 1.54) is 0 Å². The van der Waals surface area contributed by atoms with E-state index in [1.54, 1.807) is 6.92 Å². The van der Waals surface area contributed by atoms with Gasteiger partial charge in [-0.3, -0.25) is 4.79 Å². The minimum atomic E-state index is -1.50. The lowest BCUT2D eigenvalue weighted by molar-refractivity contribution is -0.170. The molecule has 3 aliphatic rings. The van der Waals surface area contributed by atoms with Gasteiger partial charge in [-0.25, -0.2) is 0 Å². The number of esters is 1. The summed E-state index contributed by atoms with van der Waals surface area (Å²) < 4.78 is 11.0. The van der Waals surface area contributed by atoms with Gasteiger partial charge in [-0.05, 0) is 42.9 Å². The molecule has 4 atom stereocenters. The summed E-state index contributed by atoms with van der Waals surface area (Å²) in [6, 6.07) is 9.23. The van der Waals surface area contributed by atoms with Crippen molar-refractivity contribution < 1.29 is 24.5 Å². The number of carbonyl (C=O) groups excluding carboxylic acids is 1. The van der Waals surface area contributed by atoms with E-state index in [4.69, 9.17) is 9.47 Å². The Morgan fingerprint density at radius 2 is 1.96 bits per heavy atom. The summed E-state index contributed by atoms with van der Waals surface area (Å²) in [4.78, 5) is 12.9. The molecule has 1 aromatic rings. The largest absolute Gasteiger partial charge is 0.466 e. The lowest BCUT2D eigenvalue weighted by atomic mass is 9.59. The predicted octanol–water partition coefficient (Wildman–Crippen LogP) is 1.93. The minimum Gasteiger partial charge on any atom is -0.466 e. The first-order valence-electron chi connectivity index (χ1n) is 9.01. The van der Waals surface area contributed by atoms with Crippen LogP contribution in [0.15, 0.2) is 41.5 Å². The zero-order valence-electron chi connectivity index (χ0n) is 14.4. The fourth-order valence-electron chi connectivity index (χ4n) is 5.08. The van der Waals surface area contributed by atoms with Gasteiger partial charge in [-0.2, -0.15) is 0 Å². The van der Waals surface area contributed by atoms with E-state index in [0.717, 1.165) is 12.0 Å². The molecule has 134 valence electrons. The van der Waals surface area contributed by atoms with E-state index in [0.29, 0.717) is 30.6 Å². The number of benzene rings is 1. The van der Waals surface area contributed by atoms with Crippen molar-refractivity contribution in [2.75, 3.05) is 19.8 Å². The standard InChI is InChI=1S/C20H24O5/c1-2-25-18(21)17-14-9-6-10-19(14,22)15-11-24-12-16(15)20(17,23)13-7-4-3-5-8-13/h3-5,7-8,14,17,22-23H,2,6,9-12H2,1H3/t14-,17+,19-,20-/m0/s1. The van der Waals surface area contributed by atoms with Crippen molar-refractivity contribution in [2.45, 2.75) is 37.4 Å². The molecule has 1 fully saturated rings. The highest BCUT2D eigenvalue weighted by molar-refractivity contribution is 5.77. The van der Waals surface area contributed by atoms with Crippen LogP contribution in [0.5, 0.6) is 0 Å². The SMILES string of the molecule is CCOC(=O)[C@H]1[C@@H]2CCC[C@@]2(O)C2=C(COC2)[C@@]1(O)c1ccccc1. The quantitative estimate of drug-likeness (QED) is 0.647. The van der Waals surface area contributed by atoms with Gasteiger partial charge in [0, 0.05) is 5.92 Å². The van der Waals surface area contributed by atoms with E-state index in [-0.39, 0.29) is 19.1 Å². The predicted molar refractivity (Wildman–Crippen MR) is 90.6 cm³/mol. The van der Waals surface area contributed by atoms with Gasteiger partial charge in [0.05, 0.1) is 31.3 Å². The lowest BCUT2D eigenvalue weighted by Gasteiger charge is -2.49. The smallest absolute Gasteiger partial charge is 0.312 e. The topological polar surface area (TPSA) is 76.0 Å². The zero-order valence-corrected chi connectivity index (χ0v) is 14.4. The fourth-order valence-corrected chi connectivity index (χ4v) is 5.08. The molecule has 1 aromatic carbocycles. The van der Waals surface area contributed by atoms with Gasteiger partial charge >= 0.3 is 5.97 Å². The highest BCUT2D eigenvalue weighted by atomic mass is 16.5. The molecular weight excluding hydrogens is 320 g/mol. The van der Waals surface area contributed by atoms with Crippen molar-refractivity contribution in [3.63, 3.8) is 0 Å². The van der Waals surface area contributed by atoms with Crippen molar-refractivity contribution in [2.24, 2.45) is 11.8 Å². The Kier molecular flexibility index (Phi) is 3.98. The number of hydrogen-bond donors (Lipinski definition) is 2. The molecular formula is C20H24O5. The van der Waals surface area contributed by atoms with Gasteiger partial charge in [0.15, 0.2) is 0 Å². The summed E-state index contributed by atoms with van der Waals surface area (Å²) in [5.74, 6) is -1.64. The molecule has 4 rings (SSSR count). The van der Waals surface area contributed by atoms with Gasteiger partial charge in [0.1, 0.15) is 5.60 Å². The Morgan fingerprint density at radius 3 is 2.68 bits per heavy atom. The van der Waals surface area contributed by atoms with Crippen LogP contribution in [-0.2, 0) is 19.9 Å². The summed E-state index contributed by atoms with van der Waals surface area (Å²) in [5, 5.41) is 23.3. The molecule has 1 aliphatic heterocycles. The minimum absolute atomic E-state index is 0.228. The maximum absolute atomic E-state index is 12.9. The molecule has 0 amide bonds. The van der Waals surface area contributed by atoms with Crippen LogP contribution >= 0.6 is 0 Å². The van der Waals surface area contributed by atoms with Crippen LogP contribution in [0.25, 0.3) is 0 Å². The monoisotopic (exact) mass is 344 g/mol. The lowest BCUT2D eigenvalue weighted by Crippen LogP contribution is -2.57. The first-order valence-corrected chi connectivity index (χ1v) is 9.01. The van der Waals surface area contributed by atoms with E-state index in [2.05, 4.69) is 0 Å².